The van der Waals surface area contributed by atoms with Gasteiger partial charge in [0.2, 0.25) is 23.6 Å². The van der Waals surface area contributed by atoms with Crippen LogP contribution in [0.5, 0.6) is 11.8 Å². The second kappa shape index (κ2) is 9.80. The minimum absolute atomic E-state index is 0.0258. The molecule has 0 unspecified atom stereocenters. The van der Waals surface area contributed by atoms with Gasteiger partial charge in [0.05, 0.1) is 14.2 Å². The average Bonchev–Trinajstić information content (AvgIpc) is 2.74. The fourth-order valence-corrected chi connectivity index (χ4v) is 3.92. The Kier molecular flexibility index (Phi) is 7.16. The molecule has 1 aromatic carbocycles. The van der Waals surface area contributed by atoms with Crippen LogP contribution in [-0.4, -0.2) is 68.2 Å². The van der Waals surface area contributed by atoms with E-state index >= 15 is 0 Å². The Labute approximate surface area is 175 Å². The number of aromatic nitrogens is 2. The Hall–Kier alpha value is -2.52. The lowest BCUT2D eigenvalue weighted by atomic mass is 10.3. The third-order valence-corrected chi connectivity index (χ3v) is 5.67. The predicted molar refractivity (Wildman–Crippen MR) is 114 cm³/mol. The van der Waals surface area contributed by atoms with Crippen molar-refractivity contribution in [2.75, 3.05) is 57.7 Å². The number of rotatable bonds is 7. The normalized spacial score (nSPS) is 14.6. The molecule has 9 heteroatoms. The number of anilines is 2. The molecule has 1 amide bonds. The maximum atomic E-state index is 11.7. The standard InChI is InChI=1S/C20H27N5O3S/c1-5-16(26)21-14-7-6-8-15(13-14)29-17-18(27-3)22-20(23-19(17)28-4)25-11-9-24(2)10-12-25/h6-8,13H,5,9-12H2,1-4H3,(H,21,26). The molecule has 1 saturated heterocycles. The van der Waals surface area contributed by atoms with Crippen LogP contribution in [0.25, 0.3) is 0 Å². The SMILES string of the molecule is CCC(=O)Nc1cccc(Sc2c(OC)nc(N3CCN(C)CC3)nc2OC)c1. The van der Waals surface area contributed by atoms with Gasteiger partial charge in [0.25, 0.3) is 0 Å². The first-order chi connectivity index (χ1) is 14.0. The van der Waals surface area contributed by atoms with Crippen molar-refractivity contribution in [2.45, 2.75) is 23.1 Å². The Morgan fingerprint density at radius 2 is 1.79 bits per heavy atom. The number of methoxy groups -OCH3 is 2. The molecule has 2 heterocycles. The molecule has 0 aliphatic carbocycles. The van der Waals surface area contributed by atoms with E-state index in [0.29, 0.717) is 29.0 Å². The van der Waals surface area contributed by atoms with E-state index in [1.807, 2.05) is 31.2 Å². The van der Waals surface area contributed by atoms with Gasteiger partial charge >= 0.3 is 0 Å². The van der Waals surface area contributed by atoms with E-state index in [-0.39, 0.29) is 5.91 Å². The monoisotopic (exact) mass is 417 g/mol. The van der Waals surface area contributed by atoms with Crippen LogP contribution >= 0.6 is 11.8 Å². The fourth-order valence-electron chi connectivity index (χ4n) is 2.92. The van der Waals surface area contributed by atoms with E-state index in [9.17, 15) is 4.79 Å². The molecule has 3 rings (SSSR count). The first-order valence-corrected chi connectivity index (χ1v) is 10.4. The van der Waals surface area contributed by atoms with Crippen LogP contribution in [0.1, 0.15) is 13.3 Å². The van der Waals surface area contributed by atoms with E-state index in [1.54, 1.807) is 14.2 Å². The van der Waals surface area contributed by atoms with Crippen LogP contribution in [0, 0.1) is 0 Å². The van der Waals surface area contributed by atoms with Gasteiger partial charge in [-0.2, -0.15) is 9.97 Å². The summed E-state index contributed by atoms with van der Waals surface area (Å²) in [7, 11) is 5.30. The molecule has 156 valence electrons. The average molecular weight is 418 g/mol. The maximum absolute atomic E-state index is 11.7. The van der Waals surface area contributed by atoms with Gasteiger partial charge in [0, 0.05) is 43.2 Å². The molecule has 1 aromatic heterocycles. The fraction of sp³-hybridized carbons (Fsp3) is 0.450. The van der Waals surface area contributed by atoms with E-state index < -0.39 is 0 Å². The number of carbonyl (C=O) groups excluding carboxylic acids is 1. The number of nitrogens with zero attached hydrogens (tertiary/aromatic N) is 4. The number of carbonyl (C=O) groups is 1. The highest BCUT2D eigenvalue weighted by Crippen LogP contribution is 2.41. The molecule has 29 heavy (non-hydrogen) atoms. The van der Waals surface area contributed by atoms with Crippen LogP contribution < -0.4 is 19.7 Å². The van der Waals surface area contributed by atoms with E-state index in [2.05, 4.69) is 32.1 Å². The molecular formula is C20H27N5O3S. The quantitative estimate of drug-likeness (QED) is 0.737. The summed E-state index contributed by atoms with van der Waals surface area (Å²) in [5.74, 6) is 1.53. The van der Waals surface area contributed by atoms with Gasteiger partial charge in [-0.1, -0.05) is 24.8 Å². The van der Waals surface area contributed by atoms with Crippen LogP contribution in [0.15, 0.2) is 34.1 Å². The van der Waals surface area contributed by atoms with Crippen molar-refractivity contribution < 1.29 is 14.3 Å². The second-order valence-electron chi connectivity index (χ2n) is 6.69. The smallest absolute Gasteiger partial charge is 0.236 e. The zero-order chi connectivity index (χ0) is 20.8. The predicted octanol–water partition coefficient (Wildman–Crippen LogP) is 2.75. The molecule has 0 bridgehead atoms. The lowest BCUT2D eigenvalue weighted by molar-refractivity contribution is -0.115. The van der Waals surface area contributed by atoms with Crippen molar-refractivity contribution in [1.29, 1.82) is 0 Å². The van der Waals surface area contributed by atoms with Crippen LogP contribution in [0.3, 0.4) is 0 Å². The van der Waals surface area contributed by atoms with Crippen molar-refractivity contribution in [3.63, 3.8) is 0 Å². The number of benzene rings is 1. The van der Waals surface area contributed by atoms with Crippen molar-refractivity contribution in [3.8, 4) is 11.8 Å². The van der Waals surface area contributed by atoms with Crippen molar-refractivity contribution in [1.82, 2.24) is 14.9 Å². The molecule has 1 aliphatic heterocycles. The first-order valence-electron chi connectivity index (χ1n) is 9.55. The van der Waals surface area contributed by atoms with Crippen molar-refractivity contribution in [3.05, 3.63) is 24.3 Å². The van der Waals surface area contributed by atoms with Gasteiger partial charge in [0.15, 0.2) is 0 Å². The molecule has 1 fully saturated rings. The zero-order valence-electron chi connectivity index (χ0n) is 17.3. The summed E-state index contributed by atoms with van der Waals surface area (Å²) in [4.78, 5) is 27.0. The maximum Gasteiger partial charge on any atom is 0.236 e. The Morgan fingerprint density at radius 3 is 2.38 bits per heavy atom. The number of piperazine rings is 1. The minimum atomic E-state index is -0.0258. The van der Waals surface area contributed by atoms with Crippen LogP contribution in [0.2, 0.25) is 0 Å². The van der Waals surface area contributed by atoms with Gasteiger partial charge in [-0.05, 0) is 25.2 Å². The van der Waals surface area contributed by atoms with Gasteiger partial charge in [0.1, 0.15) is 4.90 Å². The lowest BCUT2D eigenvalue weighted by Crippen LogP contribution is -2.45. The minimum Gasteiger partial charge on any atom is -0.480 e. The molecule has 1 N–H and O–H groups in total. The summed E-state index contributed by atoms with van der Waals surface area (Å²) in [6, 6.07) is 7.62. The highest BCUT2D eigenvalue weighted by atomic mass is 32.2. The molecule has 1 aliphatic rings. The van der Waals surface area contributed by atoms with Gasteiger partial charge in [-0.3, -0.25) is 4.79 Å². The highest BCUT2D eigenvalue weighted by Gasteiger charge is 2.23. The summed E-state index contributed by atoms with van der Waals surface area (Å²) in [6.07, 6.45) is 0.431. The molecule has 0 spiro atoms. The Morgan fingerprint density at radius 1 is 1.14 bits per heavy atom. The summed E-state index contributed by atoms with van der Waals surface area (Å²) < 4.78 is 11.1. The van der Waals surface area contributed by atoms with Gasteiger partial charge in [-0.25, -0.2) is 0 Å². The molecule has 0 radical (unpaired) electrons. The van der Waals surface area contributed by atoms with Gasteiger partial charge < -0.3 is 24.6 Å². The molecule has 8 nitrogen and oxygen atoms in total. The molecule has 0 atom stereocenters. The van der Waals surface area contributed by atoms with E-state index in [4.69, 9.17) is 9.47 Å². The number of nitrogens with one attached hydrogen (secondary N) is 1. The third-order valence-electron chi connectivity index (χ3n) is 4.62. The number of amides is 1. The Bertz CT molecular complexity index is 831. The van der Waals surface area contributed by atoms with Crippen molar-refractivity contribution >= 4 is 29.3 Å². The Balaban J connectivity index is 1.87. The van der Waals surface area contributed by atoms with Crippen LogP contribution in [-0.2, 0) is 4.79 Å². The summed E-state index contributed by atoms with van der Waals surface area (Å²) >= 11 is 1.44. The largest absolute Gasteiger partial charge is 0.480 e. The van der Waals surface area contributed by atoms with Crippen LogP contribution in [0.4, 0.5) is 11.6 Å². The van der Waals surface area contributed by atoms with E-state index in [0.717, 1.165) is 36.8 Å². The number of hydrogen-bond donors (Lipinski definition) is 1. The topological polar surface area (TPSA) is 79.8 Å². The summed E-state index contributed by atoms with van der Waals surface area (Å²) in [5.41, 5.74) is 0.745. The number of likely N-dealkylation sites (N-methyl/N-ethyl adjacent to an activating group) is 1. The molecule has 2 aromatic rings. The number of ether oxygens (including phenoxy) is 2. The lowest BCUT2D eigenvalue weighted by Gasteiger charge is -2.32. The second-order valence-corrected chi connectivity index (χ2v) is 7.78. The molecular weight excluding hydrogens is 390 g/mol. The summed E-state index contributed by atoms with van der Waals surface area (Å²) in [5, 5.41) is 2.87. The first kappa shape index (κ1) is 21.2. The van der Waals surface area contributed by atoms with Gasteiger partial charge in [-0.15, -0.1) is 0 Å². The van der Waals surface area contributed by atoms with Crippen molar-refractivity contribution in [2.24, 2.45) is 0 Å². The molecule has 0 saturated carbocycles. The summed E-state index contributed by atoms with van der Waals surface area (Å²) in [6.45, 7) is 5.45. The zero-order valence-corrected chi connectivity index (χ0v) is 18.1. The highest BCUT2D eigenvalue weighted by molar-refractivity contribution is 7.99. The third kappa shape index (κ3) is 5.30. The number of hydrogen-bond acceptors (Lipinski definition) is 8. The van der Waals surface area contributed by atoms with E-state index in [1.165, 1.54) is 11.8 Å².